The Labute approximate surface area is 118 Å². The van der Waals surface area contributed by atoms with Gasteiger partial charge in [-0.05, 0) is 32.0 Å². The van der Waals surface area contributed by atoms with Gasteiger partial charge in [-0.2, -0.15) is 0 Å². The Kier molecular flexibility index (Phi) is 3.48. The van der Waals surface area contributed by atoms with Crippen LogP contribution < -0.4 is 19.5 Å². The normalized spacial score (nSPS) is 23.9. The lowest BCUT2D eigenvalue weighted by Crippen LogP contribution is -2.49. The third-order valence-corrected chi connectivity index (χ3v) is 4.28. The van der Waals surface area contributed by atoms with Crippen LogP contribution >= 0.6 is 0 Å². The molecule has 1 aromatic carbocycles. The summed E-state index contributed by atoms with van der Waals surface area (Å²) < 4.78 is 16.8. The Bertz CT molecular complexity index is 497. The van der Waals surface area contributed by atoms with E-state index < -0.39 is 6.10 Å². The number of fused-ring (bicyclic) bond motifs is 1. The smallest absolute Gasteiger partial charge is 0.164 e. The van der Waals surface area contributed by atoms with Crippen LogP contribution in [0.4, 0.5) is 0 Å². The lowest BCUT2D eigenvalue weighted by Gasteiger charge is -2.43. The summed E-state index contributed by atoms with van der Waals surface area (Å²) in [5.41, 5.74) is 0.531. The number of methoxy groups -OCH3 is 2. The van der Waals surface area contributed by atoms with E-state index in [1.54, 1.807) is 14.2 Å². The first-order chi connectivity index (χ1) is 9.67. The molecule has 0 saturated carbocycles. The molecule has 0 aliphatic carbocycles. The van der Waals surface area contributed by atoms with Crippen LogP contribution in [0.3, 0.4) is 0 Å². The van der Waals surface area contributed by atoms with Crippen molar-refractivity contribution in [2.75, 3.05) is 27.3 Å². The molecule has 110 valence electrons. The second kappa shape index (κ2) is 5.14. The van der Waals surface area contributed by atoms with Gasteiger partial charge in [-0.15, -0.1) is 0 Å². The quantitative estimate of drug-likeness (QED) is 0.862. The van der Waals surface area contributed by atoms with Gasteiger partial charge in [0, 0.05) is 18.1 Å². The average Bonchev–Trinajstić information content (AvgIpc) is 2.46. The maximum absolute atomic E-state index is 10.5. The fraction of sp³-hybridized carbons (Fsp3) is 0.600. The SMILES string of the molecule is COc1cc2c(cc1OC)C(O)CC1(CCNCC1)O2. The zero-order valence-electron chi connectivity index (χ0n) is 11.9. The molecule has 2 heterocycles. The van der Waals surface area contributed by atoms with Gasteiger partial charge in [0.1, 0.15) is 11.4 Å². The van der Waals surface area contributed by atoms with Gasteiger partial charge in [0.2, 0.25) is 0 Å². The van der Waals surface area contributed by atoms with Gasteiger partial charge >= 0.3 is 0 Å². The first-order valence-electron chi connectivity index (χ1n) is 7.01. The van der Waals surface area contributed by atoms with E-state index in [1.807, 2.05) is 12.1 Å². The summed E-state index contributed by atoms with van der Waals surface area (Å²) in [6.07, 6.45) is 1.95. The van der Waals surface area contributed by atoms with Gasteiger partial charge in [-0.1, -0.05) is 0 Å². The summed E-state index contributed by atoms with van der Waals surface area (Å²) in [4.78, 5) is 0. The summed E-state index contributed by atoms with van der Waals surface area (Å²) in [7, 11) is 3.19. The highest BCUT2D eigenvalue weighted by Gasteiger charge is 2.41. The van der Waals surface area contributed by atoms with Crippen molar-refractivity contribution in [3.8, 4) is 17.2 Å². The summed E-state index contributed by atoms with van der Waals surface area (Å²) in [5, 5.41) is 13.8. The third-order valence-electron chi connectivity index (χ3n) is 4.28. The van der Waals surface area contributed by atoms with Gasteiger partial charge in [0.25, 0.3) is 0 Å². The maximum atomic E-state index is 10.5. The van der Waals surface area contributed by atoms with Gasteiger partial charge in [-0.3, -0.25) is 0 Å². The predicted octanol–water partition coefficient (Wildman–Crippen LogP) is 1.64. The zero-order chi connectivity index (χ0) is 14.2. The molecular formula is C15H21NO4. The summed E-state index contributed by atoms with van der Waals surface area (Å²) >= 11 is 0. The van der Waals surface area contributed by atoms with Gasteiger partial charge in [0.05, 0.1) is 20.3 Å². The van der Waals surface area contributed by atoms with E-state index in [0.29, 0.717) is 23.7 Å². The van der Waals surface area contributed by atoms with Crippen LogP contribution in [0.2, 0.25) is 0 Å². The number of aliphatic hydroxyl groups excluding tert-OH is 1. The molecule has 2 aliphatic heterocycles. The second-order valence-electron chi connectivity index (χ2n) is 5.50. The molecule has 1 saturated heterocycles. The summed E-state index contributed by atoms with van der Waals surface area (Å²) in [6.45, 7) is 1.85. The van der Waals surface area contributed by atoms with Gasteiger partial charge in [-0.25, -0.2) is 0 Å². The van der Waals surface area contributed by atoms with Crippen molar-refractivity contribution in [3.05, 3.63) is 17.7 Å². The molecule has 5 nitrogen and oxygen atoms in total. The number of piperidine rings is 1. The number of rotatable bonds is 2. The Morgan fingerprint density at radius 1 is 1.20 bits per heavy atom. The van der Waals surface area contributed by atoms with Gasteiger partial charge in [0.15, 0.2) is 11.5 Å². The molecule has 3 rings (SSSR count). The number of ether oxygens (including phenoxy) is 3. The minimum Gasteiger partial charge on any atom is -0.493 e. The van der Waals surface area contributed by atoms with Crippen molar-refractivity contribution >= 4 is 0 Å². The Morgan fingerprint density at radius 2 is 1.85 bits per heavy atom. The molecule has 1 unspecified atom stereocenters. The molecule has 1 fully saturated rings. The molecule has 1 spiro atoms. The fourth-order valence-corrected chi connectivity index (χ4v) is 3.15. The summed E-state index contributed by atoms with van der Waals surface area (Å²) in [6, 6.07) is 3.63. The second-order valence-corrected chi connectivity index (χ2v) is 5.50. The van der Waals surface area contributed by atoms with Crippen LogP contribution in [0.15, 0.2) is 12.1 Å². The van der Waals surface area contributed by atoms with Crippen LogP contribution in [0.1, 0.15) is 30.9 Å². The highest BCUT2D eigenvalue weighted by atomic mass is 16.5. The number of hydrogen-bond acceptors (Lipinski definition) is 5. The number of benzene rings is 1. The highest BCUT2D eigenvalue weighted by Crippen LogP contribution is 2.47. The number of aliphatic hydroxyl groups is 1. The fourth-order valence-electron chi connectivity index (χ4n) is 3.15. The van der Waals surface area contributed by atoms with Crippen molar-refractivity contribution in [3.63, 3.8) is 0 Å². The number of hydrogen-bond donors (Lipinski definition) is 2. The standard InChI is InChI=1S/C15H21NO4/c1-18-13-7-10-11(17)9-15(3-5-16-6-4-15)20-12(10)8-14(13)19-2/h7-8,11,16-17H,3-6,9H2,1-2H3. The van der Waals surface area contributed by atoms with Crippen molar-refractivity contribution in [1.29, 1.82) is 0 Å². The lowest BCUT2D eigenvalue weighted by molar-refractivity contribution is -0.0339. The Morgan fingerprint density at radius 3 is 2.50 bits per heavy atom. The first-order valence-corrected chi connectivity index (χ1v) is 7.01. The van der Waals surface area contributed by atoms with E-state index in [0.717, 1.165) is 31.5 Å². The molecule has 0 amide bonds. The highest BCUT2D eigenvalue weighted by molar-refractivity contribution is 5.52. The van der Waals surface area contributed by atoms with Crippen LogP contribution in [-0.2, 0) is 0 Å². The monoisotopic (exact) mass is 279 g/mol. The minimum atomic E-state index is -0.517. The maximum Gasteiger partial charge on any atom is 0.164 e. The molecule has 1 atom stereocenters. The van der Waals surface area contributed by atoms with Crippen LogP contribution in [0.5, 0.6) is 17.2 Å². The molecule has 20 heavy (non-hydrogen) atoms. The predicted molar refractivity (Wildman–Crippen MR) is 74.6 cm³/mol. The van der Waals surface area contributed by atoms with E-state index in [4.69, 9.17) is 14.2 Å². The molecule has 0 bridgehead atoms. The van der Waals surface area contributed by atoms with Crippen LogP contribution in [0.25, 0.3) is 0 Å². The van der Waals surface area contributed by atoms with E-state index in [1.165, 1.54) is 0 Å². The number of nitrogens with one attached hydrogen (secondary N) is 1. The third kappa shape index (κ3) is 2.21. The van der Waals surface area contributed by atoms with E-state index in [2.05, 4.69) is 5.32 Å². The molecule has 2 aliphatic rings. The molecule has 1 aromatic rings. The molecule has 0 radical (unpaired) electrons. The van der Waals surface area contributed by atoms with Crippen molar-refractivity contribution < 1.29 is 19.3 Å². The largest absolute Gasteiger partial charge is 0.493 e. The van der Waals surface area contributed by atoms with Crippen molar-refractivity contribution in [2.45, 2.75) is 31.0 Å². The lowest BCUT2D eigenvalue weighted by atomic mass is 9.82. The Hall–Kier alpha value is -1.46. The molecule has 2 N–H and O–H groups in total. The first kappa shape index (κ1) is 13.5. The minimum absolute atomic E-state index is 0.253. The van der Waals surface area contributed by atoms with E-state index in [-0.39, 0.29) is 5.60 Å². The topological polar surface area (TPSA) is 60.0 Å². The average molecular weight is 279 g/mol. The van der Waals surface area contributed by atoms with E-state index in [9.17, 15) is 5.11 Å². The van der Waals surface area contributed by atoms with Crippen LogP contribution in [-0.4, -0.2) is 38.0 Å². The van der Waals surface area contributed by atoms with Crippen LogP contribution in [0, 0.1) is 0 Å². The van der Waals surface area contributed by atoms with E-state index >= 15 is 0 Å². The molecule has 0 aromatic heterocycles. The molecular weight excluding hydrogens is 258 g/mol. The Balaban J connectivity index is 1.98. The van der Waals surface area contributed by atoms with Crippen molar-refractivity contribution in [2.24, 2.45) is 0 Å². The summed E-state index contributed by atoms with van der Waals surface area (Å²) in [5.74, 6) is 1.96. The zero-order valence-corrected chi connectivity index (χ0v) is 11.9. The van der Waals surface area contributed by atoms with Gasteiger partial charge < -0.3 is 24.6 Å². The molecule has 5 heteroatoms. The van der Waals surface area contributed by atoms with Crippen molar-refractivity contribution in [1.82, 2.24) is 5.32 Å².